The quantitative estimate of drug-likeness (QED) is 0.228. The first-order valence-corrected chi connectivity index (χ1v) is 11.6. The SMILES string of the molecule is N[C@@H](Cc1ccc(Oc2ncccc2[N+](=O)[O-])cc1)C(=O)N1CCC[C@H]1C(F)(F)F.O=C(O)C(F)(F)F.O=C(O)C(F)(F)F. The molecule has 4 N–H and O–H groups in total. The number of carbonyl (C=O) groups is 3. The van der Waals surface area contributed by atoms with Crippen molar-refractivity contribution in [2.75, 3.05) is 6.54 Å². The van der Waals surface area contributed by atoms with Crippen LogP contribution in [0.5, 0.6) is 11.6 Å². The van der Waals surface area contributed by atoms with Crippen molar-refractivity contribution in [3.8, 4) is 11.6 Å². The van der Waals surface area contributed by atoms with E-state index in [-0.39, 0.29) is 43.1 Å². The molecule has 3 rings (SSSR count). The second-order valence-electron chi connectivity index (χ2n) is 8.48. The average molecular weight is 652 g/mol. The maximum absolute atomic E-state index is 13.1. The van der Waals surface area contributed by atoms with Crippen LogP contribution in [0.1, 0.15) is 18.4 Å². The largest absolute Gasteiger partial charge is 0.490 e. The summed E-state index contributed by atoms with van der Waals surface area (Å²) in [6.07, 6.45) is -13.1. The minimum atomic E-state index is -5.08. The van der Waals surface area contributed by atoms with Crippen LogP contribution in [0.15, 0.2) is 42.6 Å². The summed E-state index contributed by atoms with van der Waals surface area (Å²) in [6.45, 7) is 0.0341. The molecule has 1 amide bonds. The number of halogens is 9. The molecule has 44 heavy (non-hydrogen) atoms. The predicted molar refractivity (Wildman–Crippen MR) is 127 cm³/mol. The molecule has 1 aromatic heterocycles. The van der Waals surface area contributed by atoms with Crippen molar-refractivity contribution in [1.82, 2.24) is 9.88 Å². The van der Waals surface area contributed by atoms with Gasteiger partial charge in [0.2, 0.25) is 5.91 Å². The van der Waals surface area contributed by atoms with Gasteiger partial charge in [-0.25, -0.2) is 14.6 Å². The number of nitro groups is 1. The van der Waals surface area contributed by atoms with E-state index in [0.717, 1.165) is 4.90 Å². The van der Waals surface area contributed by atoms with E-state index >= 15 is 0 Å². The number of alkyl halides is 9. The molecule has 244 valence electrons. The van der Waals surface area contributed by atoms with E-state index in [1.807, 2.05) is 0 Å². The van der Waals surface area contributed by atoms with E-state index in [1.54, 1.807) is 12.1 Å². The summed E-state index contributed by atoms with van der Waals surface area (Å²) >= 11 is 0. The highest BCUT2D eigenvalue weighted by Gasteiger charge is 2.48. The third-order valence-corrected chi connectivity index (χ3v) is 5.26. The first kappa shape index (κ1) is 37.3. The molecular formula is C23H21F9N4O8. The van der Waals surface area contributed by atoms with Gasteiger partial charge in [-0.05, 0) is 43.0 Å². The van der Waals surface area contributed by atoms with Crippen LogP contribution >= 0.6 is 0 Å². The van der Waals surface area contributed by atoms with Crippen LogP contribution < -0.4 is 10.5 Å². The van der Waals surface area contributed by atoms with Gasteiger partial charge in [-0.1, -0.05) is 12.1 Å². The number of nitrogens with two attached hydrogens (primary N) is 1. The van der Waals surface area contributed by atoms with Gasteiger partial charge < -0.3 is 25.6 Å². The van der Waals surface area contributed by atoms with Crippen LogP contribution in [-0.2, 0) is 20.8 Å². The second-order valence-corrected chi connectivity index (χ2v) is 8.48. The Morgan fingerprint density at radius 3 is 1.93 bits per heavy atom. The molecule has 2 aromatic rings. The summed E-state index contributed by atoms with van der Waals surface area (Å²) in [4.78, 5) is 45.2. The highest BCUT2D eigenvalue weighted by molar-refractivity contribution is 5.82. The smallest absolute Gasteiger partial charge is 0.475 e. The van der Waals surface area contributed by atoms with Crippen molar-refractivity contribution in [1.29, 1.82) is 0 Å². The number of hydrogen-bond acceptors (Lipinski definition) is 8. The Labute approximate surface area is 240 Å². The number of aromatic nitrogens is 1. The molecular weight excluding hydrogens is 631 g/mol. The van der Waals surface area contributed by atoms with Gasteiger partial charge >= 0.3 is 36.2 Å². The normalized spacial score (nSPS) is 15.6. The summed E-state index contributed by atoms with van der Waals surface area (Å²) in [5.74, 6) is -6.15. The zero-order valence-corrected chi connectivity index (χ0v) is 21.7. The fraction of sp³-hybridized carbons (Fsp3) is 0.391. The number of pyridine rings is 1. The molecule has 2 heterocycles. The Morgan fingerprint density at radius 1 is 1.00 bits per heavy atom. The van der Waals surface area contributed by atoms with Crippen LogP contribution in [-0.4, -0.2) is 80.0 Å². The Bertz CT molecular complexity index is 1280. The van der Waals surface area contributed by atoms with Crippen LogP contribution in [0, 0.1) is 10.1 Å². The number of carboxylic acids is 2. The lowest BCUT2D eigenvalue weighted by molar-refractivity contribution is -0.386. The van der Waals surface area contributed by atoms with Crippen molar-refractivity contribution in [3.05, 3.63) is 58.3 Å². The Balaban J connectivity index is 0.000000574. The fourth-order valence-electron chi connectivity index (χ4n) is 3.33. The van der Waals surface area contributed by atoms with Crippen molar-refractivity contribution in [3.63, 3.8) is 0 Å². The van der Waals surface area contributed by atoms with E-state index in [2.05, 4.69) is 4.98 Å². The minimum Gasteiger partial charge on any atom is -0.475 e. The molecule has 12 nitrogen and oxygen atoms in total. The number of rotatable bonds is 6. The van der Waals surface area contributed by atoms with Gasteiger partial charge in [-0.3, -0.25) is 14.9 Å². The van der Waals surface area contributed by atoms with Crippen molar-refractivity contribution >= 4 is 23.5 Å². The number of carbonyl (C=O) groups excluding carboxylic acids is 1. The molecule has 1 aromatic carbocycles. The van der Waals surface area contributed by atoms with Crippen LogP contribution in [0.2, 0.25) is 0 Å². The summed E-state index contributed by atoms with van der Waals surface area (Å²) in [5, 5.41) is 25.3. The van der Waals surface area contributed by atoms with Gasteiger partial charge in [0, 0.05) is 18.8 Å². The molecule has 1 fully saturated rings. The summed E-state index contributed by atoms with van der Waals surface area (Å²) in [7, 11) is 0. The molecule has 2 atom stereocenters. The molecule has 1 aliphatic heterocycles. The maximum atomic E-state index is 13.1. The van der Waals surface area contributed by atoms with E-state index in [9.17, 15) is 54.4 Å². The number of likely N-dealkylation sites (tertiary alicyclic amines) is 1. The van der Waals surface area contributed by atoms with Gasteiger partial charge in [0.25, 0.3) is 5.88 Å². The minimum absolute atomic E-state index is 0.0341. The third-order valence-electron chi connectivity index (χ3n) is 5.26. The van der Waals surface area contributed by atoms with Crippen molar-refractivity contribution in [2.24, 2.45) is 5.73 Å². The number of hydrogen-bond donors (Lipinski definition) is 3. The van der Waals surface area contributed by atoms with Crippen LogP contribution in [0.25, 0.3) is 0 Å². The molecule has 1 saturated heterocycles. The number of benzene rings is 1. The van der Waals surface area contributed by atoms with Gasteiger partial charge in [-0.2, -0.15) is 39.5 Å². The Morgan fingerprint density at radius 2 is 1.50 bits per heavy atom. The van der Waals surface area contributed by atoms with Gasteiger partial charge in [-0.15, -0.1) is 0 Å². The molecule has 0 spiro atoms. The summed E-state index contributed by atoms with van der Waals surface area (Å²) < 4.78 is 108. The highest BCUT2D eigenvalue weighted by Crippen LogP contribution is 2.33. The molecule has 0 bridgehead atoms. The van der Waals surface area contributed by atoms with Crippen molar-refractivity contribution < 1.29 is 73.8 Å². The molecule has 1 aliphatic rings. The summed E-state index contributed by atoms with van der Waals surface area (Å²) in [6, 6.07) is 5.96. The summed E-state index contributed by atoms with van der Waals surface area (Å²) in [5.41, 5.74) is 6.19. The maximum Gasteiger partial charge on any atom is 0.490 e. The molecule has 0 unspecified atom stereocenters. The molecule has 0 aliphatic carbocycles. The zero-order chi connectivity index (χ0) is 34.0. The van der Waals surface area contributed by atoms with Gasteiger partial charge in [0.1, 0.15) is 11.8 Å². The first-order chi connectivity index (χ1) is 20.1. The Hall–Kier alpha value is -4.69. The first-order valence-electron chi connectivity index (χ1n) is 11.6. The van der Waals surface area contributed by atoms with Gasteiger partial charge in [0.15, 0.2) is 0 Å². The van der Waals surface area contributed by atoms with Crippen LogP contribution in [0.4, 0.5) is 45.2 Å². The van der Waals surface area contributed by atoms with Crippen molar-refractivity contribution in [2.45, 2.75) is 49.9 Å². The lowest BCUT2D eigenvalue weighted by Gasteiger charge is -2.28. The number of carboxylic acid groups (broad SMARTS) is 2. The van der Waals surface area contributed by atoms with Gasteiger partial charge in [0.05, 0.1) is 11.0 Å². The van der Waals surface area contributed by atoms with E-state index in [0.29, 0.717) is 5.56 Å². The third kappa shape index (κ3) is 11.9. The van der Waals surface area contributed by atoms with E-state index in [1.165, 1.54) is 30.5 Å². The molecule has 0 saturated carbocycles. The lowest BCUT2D eigenvalue weighted by atomic mass is 10.0. The van der Waals surface area contributed by atoms with E-state index < -0.39 is 53.4 Å². The standard InChI is InChI=1S/C19H19F3N4O4.2C2HF3O2/c20-19(21,22)16-4-2-10-25(16)18(27)14(23)11-12-5-7-13(8-6-12)30-17-15(26(28)29)3-1-9-24-17;2*3-2(4,5)1(6)7/h1,3,5-9,14,16H,2,4,10-11,23H2;2*(H,6,7)/t14-,16-;;/m0../s1. The topological polar surface area (TPSA) is 186 Å². The number of ether oxygens (including phenoxy) is 1. The zero-order valence-electron chi connectivity index (χ0n) is 21.7. The number of nitrogens with zero attached hydrogens (tertiary/aromatic N) is 3. The Kier molecular flexibility index (Phi) is 12.9. The second kappa shape index (κ2) is 15.2. The van der Waals surface area contributed by atoms with E-state index in [4.69, 9.17) is 30.3 Å². The average Bonchev–Trinajstić information content (AvgIpc) is 3.40. The number of aliphatic carboxylic acids is 2. The predicted octanol–water partition coefficient (Wildman–Crippen LogP) is 4.47. The monoisotopic (exact) mass is 652 g/mol. The number of amides is 1. The lowest BCUT2D eigenvalue weighted by Crippen LogP contribution is -2.51. The van der Waals surface area contributed by atoms with Crippen LogP contribution in [0.3, 0.4) is 0 Å². The fourth-order valence-corrected chi connectivity index (χ4v) is 3.33. The highest BCUT2D eigenvalue weighted by atomic mass is 19.4. The molecule has 21 heteroatoms. The molecule has 0 radical (unpaired) electrons.